The maximum Gasteiger partial charge on any atom is 0.145 e. The Morgan fingerprint density at radius 2 is 2.33 bits per heavy atom. The zero-order valence-corrected chi connectivity index (χ0v) is 11.5. The van der Waals surface area contributed by atoms with E-state index in [-0.39, 0.29) is 5.82 Å². The van der Waals surface area contributed by atoms with E-state index in [4.69, 9.17) is 0 Å². The van der Waals surface area contributed by atoms with E-state index in [0.717, 1.165) is 22.3 Å². The average molecular weight is 264 g/mol. The minimum atomic E-state index is -0.207. The number of halogens is 1. The predicted octanol–water partition coefficient (Wildman–Crippen LogP) is 3.60. The molecule has 0 spiro atoms. The lowest BCUT2D eigenvalue weighted by Gasteiger charge is -2.29. The van der Waals surface area contributed by atoms with Gasteiger partial charge in [-0.3, -0.25) is 0 Å². The van der Waals surface area contributed by atoms with Crippen LogP contribution in [-0.2, 0) is 0 Å². The molecule has 0 aliphatic carbocycles. The van der Waals surface area contributed by atoms with Crippen LogP contribution in [0.25, 0.3) is 10.2 Å². The third-order valence-electron chi connectivity index (χ3n) is 3.92. The smallest absolute Gasteiger partial charge is 0.145 e. The van der Waals surface area contributed by atoms with Gasteiger partial charge < -0.3 is 5.32 Å². The summed E-state index contributed by atoms with van der Waals surface area (Å²) in [6.45, 7) is 5.17. The summed E-state index contributed by atoms with van der Waals surface area (Å²) in [6, 6.07) is 2.64. The largest absolute Gasteiger partial charge is 0.314 e. The number of hydrogen-bond donors (Lipinski definition) is 1. The normalized spacial score (nSPS) is 24.6. The van der Waals surface area contributed by atoms with Crippen LogP contribution in [-0.4, -0.2) is 17.6 Å². The monoisotopic (exact) mass is 264 g/mol. The number of nitrogens with zero attached hydrogens (tertiary/aromatic N) is 1. The predicted molar refractivity (Wildman–Crippen MR) is 73.8 cm³/mol. The summed E-state index contributed by atoms with van der Waals surface area (Å²) >= 11 is 1.71. The van der Waals surface area contributed by atoms with Crippen molar-refractivity contribution in [1.82, 2.24) is 10.3 Å². The van der Waals surface area contributed by atoms with Gasteiger partial charge in [0, 0.05) is 22.2 Å². The molecule has 0 aromatic carbocycles. The lowest BCUT2D eigenvalue weighted by atomic mass is 9.90. The number of hydrogen-bond acceptors (Lipinski definition) is 3. The van der Waals surface area contributed by atoms with Crippen molar-refractivity contribution in [2.75, 3.05) is 6.54 Å². The lowest BCUT2D eigenvalue weighted by molar-refractivity contribution is 0.375. The molecule has 3 rings (SSSR count). The summed E-state index contributed by atoms with van der Waals surface area (Å²) in [6.07, 6.45) is 3.76. The van der Waals surface area contributed by atoms with E-state index in [1.54, 1.807) is 11.3 Å². The van der Waals surface area contributed by atoms with E-state index in [1.165, 1.54) is 23.9 Å². The molecule has 0 radical (unpaired) electrons. The molecule has 3 heterocycles. The van der Waals surface area contributed by atoms with Gasteiger partial charge in [-0.25, -0.2) is 9.37 Å². The second kappa shape index (κ2) is 4.59. The third kappa shape index (κ3) is 1.93. The number of nitrogens with one attached hydrogen (secondary N) is 1. The quantitative estimate of drug-likeness (QED) is 0.851. The Bertz CT molecular complexity index is 578. The van der Waals surface area contributed by atoms with E-state index >= 15 is 0 Å². The molecule has 1 saturated heterocycles. The van der Waals surface area contributed by atoms with Crippen LogP contribution < -0.4 is 5.32 Å². The molecule has 0 saturated carbocycles. The summed E-state index contributed by atoms with van der Waals surface area (Å²) in [4.78, 5) is 6.50. The summed E-state index contributed by atoms with van der Waals surface area (Å²) < 4.78 is 13.5. The number of fused-ring (bicyclic) bond motifs is 1. The standard InChI is InChI=1S/C14H17FN2S/c1-8-11-6-13(10-4-3-5-16-9(10)2)18-14(11)17-7-12(8)15/h6-7,9-10,16H,3-5H2,1-2H3. The van der Waals surface area contributed by atoms with Gasteiger partial charge >= 0.3 is 0 Å². The van der Waals surface area contributed by atoms with Crippen molar-refractivity contribution >= 4 is 21.6 Å². The van der Waals surface area contributed by atoms with Crippen LogP contribution in [0.3, 0.4) is 0 Å². The number of thiophene rings is 1. The van der Waals surface area contributed by atoms with Crippen molar-refractivity contribution in [2.24, 2.45) is 0 Å². The van der Waals surface area contributed by atoms with Crippen LogP contribution in [0.5, 0.6) is 0 Å². The van der Waals surface area contributed by atoms with Crippen LogP contribution in [0.2, 0.25) is 0 Å². The minimum absolute atomic E-state index is 0.207. The average Bonchev–Trinajstić information content (AvgIpc) is 2.79. The van der Waals surface area contributed by atoms with Crippen molar-refractivity contribution in [3.63, 3.8) is 0 Å². The number of piperidine rings is 1. The summed E-state index contributed by atoms with van der Waals surface area (Å²) in [7, 11) is 0. The van der Waals surface area contributed by atoms with Gasteiger partial charge in [-0.15, -0.1) is 11.3 Å². The number of pyridine rings is 1. The minimum Gasteiger partial charge on any atom is -0.314 e. The second-order valence-electron chi connectivity index (χ2n) is 5.09. The van der Waals surface area contributed by atoms with Crippen LogP contribution in [0, 0.1) is 12.7 Å². The van der Waals surface area contributed by atoms with Gasteiger partial charge in [0.15, 0.2) is 0 Å². The van der Waals surface area contributed by atoms with Crippen LogP contribution in [0.4, 0.5) is 4.39 Å². The van der Waals surface area contributed by atoms with Crippen molar-refractivity contribution in [1.29, 1.82) is 0 Å². The van der Waals surface area contributed by atoms with Crippen molar-refractivity contribution in [3.8, 4) is 0 Å². The first-order chi connectivity index (χ1) is 8.66. The Morgan fingerprint density at radius 1 is 1.50 bits per heavy atom. The van der Waals surface area contributed by atoms with Gasteiger partial charge in [-0.1, -0.05) is 0 Å². The van der Waals surface area contributed by atoms with Gasteiger partial charge in [-0.2, -0.15) is 0 Å². The maximum atomic E-state index is 13.5. The Kier molecular flexibility index (Phi) is 3.08. The van der Waals surface area contributed by atoms with Crippen molar-refractivity contribution < 1.29 is 4.39 Å². The maximum absolute atomic E-state index is 13.5. The Hall–Kier alpha value is -1.00. The fraction of sp³-hybridized carbons (Fsp3) is 0.500. The first-order valence-corrected chi connectivity index (χ1v) is 7.26. The van der Waals surface area contributed by atoms with E-state index in [1.807, 2.05) is 6.92 Å². The Morgan fingerprint density at radius 3 is 3.11 bits per heavy atom. The Balaban J connectivity index is 2.05. The molecule has 2 atom stereocenters. The molecule has 1 aliphatic heterocycles. The van der Waals surface area contributed by atoms with Crippen LogP contribution in [0.15, 0.2) is 12.3 Å². The number of rotatable bonds is 1. The first kappa shape index (κ1) is 12.1. The molecule has 1 N–H and O–H groups in total. The summed E-state index contributed by atoms with van der Waals surface area (Å²) in [5.74, 6) is 0.335. The van der Waals surface area contributed by atoms with Gasteiger partial charge in [0.05, 0.1) is 6.20 Å². The molecule has 96 valence electrons. The van der Waals surface area contributed by atoms with E-state index in [9.17, 15) is 4.39 Å². The lowest BCUT2D eigenvalue weighted by Crippen LogP contribution is -2.37. The highest BCUT2D eigenvalue weighted by molar-refractivity contribution is 7.18. The molecule has 2 unspecified atom stereocenters. The van der Waals surface area contributed by atoms with E-state index in [0.29, 0.717) is 12.0 Å². The fourth-order valence-corrected chi connectivity index (χ4v) is 4.02. The molecule has 1 fully saturated rings. The summed E-state index contributed by atoms with van der Waals surface area (Å²) in [5, 5.41) is 4.49. The Labute approximate surface area is 110 Å². The number of aromatic nitrogens is 1. The third-order valence-corrected chi connectivity index (χ3v) is 5.09. The molecule has 4 heteroatoms. The molecule has 0 amide bonds. The van der Waals surface area contributed by atoms with Crippen LogP contribution >= 0.6 is 11.3 Å². The molecule has 2 nitrogen and oxygen atoms in total. The zero-order valence-electron chi connectivity index (χ0n) is 10.7. The van der Waals surface area contributed by atoms with E-state index in [2.05, 4.69) is 23.3 Å². The number of aryl methyl sites for hydroxylation is 1. The fourth-order valence-electron chi connectivity index (χ4n) is 2.72. The zero-order chi connectivity index (χ0) is 12.7. The van der Waals surface area contributed by atoms with E-state index < -0.39 is 0 Å². The summed E-state index contributed by atoms with van der Waals surface area (Å²) in [5.41, 5.74) is 0.721. The van der Waals surface area contributed by atoms with Crippen molar-refractivity contribution in [3.05, 3.63) is 28.5 Å². The molecule has 0 bridgehead atoms. The second-order valence-corrected chi connectivity index (χ2v) is 6.15. The highest BCUT2D eigenvalue weighted by Gasteiger charge is 2.24. The van der Waals surface area contributed by atoms with Gasteiger partial charge in [0.25, 0.3) is 0 Å². The van der Waals surface area contributed by atoms with Gasteiger partial charge in [0.1, 0.15) is 10.6 Å². The SMILES string of the molecule is Cc1c(F)cnc2sc(C3CCCNC3C)cc12. The highest BCUT2D eigenvalue weighted by Crippen LogP contribution is 2.36. The molecule has 1 aliphatic rings. The van der Waals surface area contributed by atoms with Gasteiger partial charge in [0.2, 0.25) is 0 Å². The van der Waals surface area contributed by atoms with Gasteiger partial charge in [-0.05, 0) is 44.9 Å². The molecule has 2 aromatic rings. The topological polar surface area (TPSA) is 24.9 Å². The highest BCUT2D eigenvalue weighted by atomic mass is 32.1. The molecular formula is C14H17FN2S. The van der Waals surface area contributed by atoms with Crippen molar-refractivity contribution in [2.45, 2.75) is 38.6 Å². The first-order valence-electron chi connectivity index (χ1n) is 6.44. The molecular weight excluding hydrogens is 247 g/mol. The molecule has 18 heavy (non-hydrogen) atoms. The molecule has 2 aromatic heterocycles. The van der Waals surface area contributed by atoms with Crippen LogP contribution in [0.1, 0.15) is 36.1 Å².